The lowest BCUT2D eigenvalue weighted by atomic mass is 10.0. The number of carbonyl (C=O) groups is 2. The number of piperidine rings is 1. The Balaban J connectivity index is 2.26. The average molecular weight is 227 g/mol. The summed E-state index contributed by atoms with van der Waals surface area (Å²) in [5.41, 5.74) is 5.55. The Morgan fingerprint density at radius 1 is 1.69 bits per heavy atom. The Morgan fingerprint density at radius 3 is 2.94 bits per heavy atom. The minimum atomic E-state index is 0.0402. The Morgan fingerprint density at radius 2 is 2.44 bits per heavy atom. The van der Waals surface area contributed by atoms with Crippen molar-refractivity contribution in [3.05, 3.63) is 0 Å². The van der Waals surface area contributed by atoms with Gasteiger partial charge in [-0.1, -0.05) is 13.3 Å². The van der Waals surface area contributed by atoms with Gasteiger partial charge in [0.15, 0.2) is 0 Å². The molecule has 1 aliphatic heterocycles. The van der Waals surface area contributed by atoms with Crippen molar-refractivity contribution >= 4 is 11.8 Å². The first-order valence-electron chi connectivity index (χ1n) is 5.91. The molecule has 5 nitrogen and oxygen atoms in total. The van der Waals surface area contributed by atoms with Gasteiger partial charge in [0, 0.05) is 25.4 Å². The van der Waals surface area contributed by atoms with Crippen molar-refractivity contribution in [2.45, 2.75) is 38.6 Å². The first kappa shape index (κ1) is 13.0. The molecule has 5 heteroatoms. The maximum Gasteiger partial charge on any atom is 0.220 e. The maximum atomic E-state index is 11.6. The fraction of sp³-hybridized carbons (Fsp3) is 0.818. The topological polar surface area (TPSA) is 84.2 Å². The van der Waals surface area contributed by atoms with Gasteiger partial charge in [0.05, 0.1) is 0 Å². The molecular formula is C11H21N3O2. The Bertz CT molecular complexity index is 242. The highest BCUT2D eigenvalue weighted by Crippen LogP contribution is 2.07. The standard InChI is InChI=1S/C11H21N3O2/c1-2-8(6-12)5-11(16)14-9-3-4-10(15)13-7-9/h8-9H,2-7,12H2,1H3,(H,13,15)(H,14,16). The minimum Gasteiger partial charge on any atom is -0.354 e. The van der Waals surface area contributed by atoms with Crippen molar-refractivity contribution < 1.29 is 9.59 Å². The summed E-state index contributed by atoms with van der Waals surface area (Å²) in [6, 6.07) is 0.0838. The minimum absolute atomic E-state index is 0.0402. The van der Waals surface area contributed by atoms with Gasteiger partial charge >= 0.3 is 0 Å². The summed E-state index contributed by atoms with van der Waals surface area (Å²) in [4.78, 5) is 22.6. The average Bonchev–Trinajstić information content (AvgIpc) is 2.29. The van der Waals surface area contributed by atoms with E-state index >= 15 is 0 Å². The van der Waals surface area contributed by atoms with Crippen LogP contribution in [-0.2, 0) is 9.59 Å². The quantitative estimate of drug-likeness (QED) is 0.606. The molecular weight excluding hydrogens is 206 g/mol. The van der Waals surface area contributed by atoms with Crippen molar-refractivity contribution in [2.75, 3.05) is 13.1 Å². The number of amides is 2. The molecule has 92 valence electrons. The molecule has 2 atom stereocenters. The first-order chi connectivity index (χ1) is 7.65. The molecule has 0 aromatic carbocycles. The fourth-order valence-electron chi connectivity index (χ4n) is 1.80. The smallest absolute Gasteiger partial charge is 0.220 e. The van der Waals surface area contributed by atoms with Crippen LogP contribution in [0.4, 0.5) is 0 Å². The molecule has 16 heavy (non-hydrogen) atoms. The molecule has 1 saturated heterocycles. The molecule has 1 heterocycles. The van der Waals surface area contributed by atoms with E-state index in [0.29, 0.717) is 25.9 Å². The van der Waals surface area contributed by atoms with E-state index in [9.17, 15) is 9.59 Å². The summed E-state index contributed by atoms with van der Waals surface area (Å²) in [7, 11) is 0. The van der Waals surface area contributed by atoms with Crippen LogP contribution in [0.5, 0.6) is 0 Å². The summed E-state index contributed by atoms with van der Waals surface area (Å²) in [6.07, 6.45) is 2.64. The highest BCUT2D eigenvalue weighted by Gasteiger charge is 2.20. The van der Waals surface area contributed by atoms with E-state index in [0.717, 1.165) is 12.8 Å². The predicted octanol–water partition coefficient (Wildman–Crippen LogP) is -0.244. The number of nitrogens with one attached hydrogen (secondary N) is 2. The third-order valence-electron chi connectivity index (χ3n) is 3.02. The molecule has 4 N–H and O–H groups in total. The van der Waals surface area contributed by atoms with Gasteiger partial charge in [0.25, 0.3) is 0 Å². The third kappa shape index (κ3) is 4.18. The summed E-state index contributed by atoms with van der Waals surface area (Å²) in [5.74, 6) is 0.371. The molecule has 0 radical (unpaired) electrons. The fourth-order valence-corrected chi connectivity index (χ4v) is 1.80. The number of rotatable bonds is 5. The van der Waals surface area contributed by atoms with Gasteiger partial charge in [-0.2, -0.15) is 0 Å². The van der Waals surface area contributed by atoms with E-state index in [4.69, 9.17) is 5.73 Å². The third-order valence-corrected chi connectivity index (χ3v) is 3.02. The normalized spacial score (nSPS) is 22.4. The zero-order chi connectivity index (χ0) is 12.0. The van der Waals surface area contributed by atoms with Crippen LogP contribution in [-0.4, -0.2) is 30.9 Å². The van der Waals surface area contributed by atoms with Gasteiger partial charge in [-0.15, -0.1) is 0 Å². The SMILES string of the molecule is CCC(CN)CC(=O)NC1CCC(=O)NC1. The molecule has 0 saturated carbocycles. The summed E-state index contributed by atoms with van der Waals surface area (Å²) in [6.45, 7) is 3.13. The lowest BCUT2D eigenvalue weighted by molar-refractivity contribution is -0.126. The predicted molar refractivity (Wildman–Crippen MR) is 61.6 cm³/mol. The van der Waals surface area contributed by atoms with Crippen molar-refractivity contribution in [1.82, 2.24) is 10.6 Å². The van der Waals surface area contributed by atoms with Crippen molar-refractivity contribution in [3.8, 4) is 0 Å². The molecule has 0 aromatic rings. The first-order valence-corrected chi connectivity index (χ1v) is 5.91. The van der Waals surface area contributed by atoms with Gasteiger partial charge in [-0.05, 0) is 18.9 Å². The van der Waals surface area contributed by atoms with Gasteiger partial charge < -0.3 is 16.4 Å². The van der Waals surface area contributed by atoms with E-state index in [-0.39, 0.29) is 23.8 Å². The van der Waals surface area contributed by atoms with Crippen LogP contribution in [0.15, 0.2) is 0 Å². The molecule has 2 unspecified atom stereocenters. The molecule has 2 amide bonds. The van der Waals surface area contributed by atoms with E-state index in [1.165, 1.54) is 0 Å². The van der Waals surface area contributed by atoms with Crippen LogP contribution in [0, 0.1) is 5.92 Å². The second kappa shape index (κ2) is 6.48. The largest absolute Gasteiger partial charge is 0.354 e. The number of hydrogen-bond acceptors (Lipinski definition) is 3. The maximum absolute atomic E-state index is 11.6. The Kier molecular flexibility index (Phi) is 5.25. The summed E-state index contributed by atoms with van der Waals surface area (Å²) >= 11 is 0. The van der Waals surface area contributed by atoms with Crippen molar-refractivity contribution in [2.24, 2.45) is 11.7 Å². The second-order valence-corrected chi connectivity index (χ2v) is 4.32. The molecule has 0 bridgehead atoms. The molecule has 1 rings (SSSR count). The number of carbonyl (C=O) groups excluding carboxylic acids is 2. The lowest BCUT2D eigenvalue weighted by Crippen LogP contribution is -2.48. The summed E-state index contributed by atoms with van der Waals surface area (Å²) in [5, 5.41) is 5.67. The lowest BCUT2D eigenvalue weighted by Gasteiger charge is -2.24. The zero-order valence-electron chi connectivity index (χ0n) is 9.79. The Hall–Kier alpha value is -1.10. The van der Waals surface area contributed by atoms with Crippen LogP contribution in [0.25, 0.3) is 0 Å². The molecule has 0 aromatic heterocycles. The van der Waals surface area contributed by atoms with E-state index in [1.54, 1.807) is 0 Å². The van der Waals surface area contributed by atoms with Crippen LogP contribution < -0.4 is 16.4 Å². The summed E-state index contributed by atoms with van der Waals surface area (Å²) < 4.78 is 0. The van der Waals surface area contributed by atoms with Crippen LogP contribution in [0.2, 0.25) is 0 Å². The molecule has 0 spiro atoms. The highest BCUT2D eigenvalue weighted by atomic mass is 16.2. The van der Waals surface area contributed by atoms with Gasteiger partial charge in [0.2, 0.25) is 11.8 Å². The van der Waals surface area contributed by atoms with Crippen LogP contribution in [0.1, 0.15) is 32.6 Å². The van der Waals surface area contributed by atoms with E-state index in [2.05, 4.69) is 10.6 Å². The van der Waals surface area contributed by atoms with E-state index in [1.807, 2.05) is 6.92 Å². The second-order valence-electron chi connectivity index (χ2n) is 4.32. The van der Waals surface area contributed by atoms with E-state index < -0.39 is 0 Å². The zero-order valence-corrected chi connectivity index (χ0v) is 9.79. The Labute approximate surface area is 96.1 Å². The number of nitrogens with two attached hydrogens (primary N) is 1. The van der Waals surface area contributed by atoms with Crippen molar-refractivity contribution in [1.29, 1.82) is 0 Å². The van der Waals surface area contributed by atoms with Gasteiger partial charge in [-0.3, -0.25) is 9.59 Å². The molecule has 1 aliphatic rings. The van der Waals surface area contributed by atoms with Crippen LogP contribution >= 0.6 is 0 Å². The molecule has 1 fully saturated rings. The number of hydrogen-bond donors (Lipinski definition) is 3. The van der Waals surface area contributed by atoms with Gasteiger partial charge in [-0.25, -0.2) is 0 Å². The van der Waals surface area contributed by atoms with Crippen LogP contribution in [0.3, 0.4) is 0 Å². The van der Waals surface area contributed by atoms with Gasteiger partial charge in [0.1, 0.15) is 0 Å². The molecule has 0 aliphatic carbocycles. The monoisotopic (exact) mass is 227 g/mol. The van der Waals surface area contributed by atoms with Crippen molar-refractivity contribution in [3.63, 3.8) is 0 Å². The highest BCUT2D eigenvalue weighted by molar-refractivity contribution is 5.79.